The quantitative estimate of drug-likeness (QED) is 0.0782. The van der Waals surface area contributed by atoms with Gasteiger partial charge in [-0.1, -0.05) is 136 Å². The lowest BCUT2D eigenvalue weighted by molar-refractivity contribution is 0.0697. The van der Waals surface area contributed by atoms with Gasteiger partial charge in [0.05, 0.1) is 22.2 Å². The molecule has 12 heteroatoms. The third-order valence-corrected chi connectivity index (χ3v) is 12.2. The topological polar surface area (TPSA) is 106 Å². The predicted molar refractivity (Wildman–Crippen MR) is 240 cm³/mol. The third-order valence-electron chi connectivity index (χ3n) is 11.0. The Balaban J connectivity index is 0.000000167. The number of para-hydroxylation sites is 1. The summed E-state index contributed by atoms with van der Waals surface area (Å²) >= 11 is 7.25. The summed E-state index contributed by atoms with van der Waals surface area (Å²) in [6.07, 6.45) is 11.4. The van der Waals surface area contributed by atoms with Gasteiger partial charge in [-0.3, -0.25) is 4.68 Å². The van der Waals surface area contributed by atoms with Crippen molar-refractivity contribution in [2.45, 2.75) is 77.6 Å². The summed E-state index contributed by atoms with van der Waals surface area (Å²) in [6, 6.07) is 28.2. The summed E-state index contributed by atoms with van der Waals surface area (Å²) in [6.45, 7) is 3.06. The van der Waals surface area contributed by atoms with E-state index in [0.29, 0.717) is 27.2 Å². The van der Waals surface area contributed by atoms with Crippen LogP contribution in [0, 0.1) is 0 Å². The van der Waals surface area contributed by atoms with Crippen LogP contribution in [0.15, 0.2) is 103 Å². The Morgan fingerprint density at radius 1 is 0.867 bits per heavy atom. The number of pyridine rings is 1. The first kappa shape index (κ1) is 41.0. The summed E-state index contributed by atoms with van der Waals surface area (Å²) in [5, 5.41) is 15.3. The van der Waals surface area contributed by atoms with Gasteiger partial charge in [-0.25, -0.2) is 33.5 Å². The molecule has 0 saturated carbocycles. The molecule has 1 aliphatic carbocycles. The molecule has 0 atom stereocenters. The molecule has 0 unspecified atom stereocenters. The summed E-state index contributed by atoms with van der Waals surface area (Å²) in [7, 11) is 0. The maximum absolute atomic E-state index is 13.2. The van der Waals surface area contributed by atoms with Crippen LogP contribution in [-0.2, 0) is 12.8 Å². The number of hydrogen-bond acceptors (Lipinski definition) is 7. The number of aromatic nitrogens is 5. The van der Waals surface area contributed by atoms with Crippen molar-refractivity contribution in [2.24, 2.45) is 0 Å². The molecule has 4 aromatic heterocycles. The lowest BCUT2D eigenvalue weighted by Gasteiger charge is -2.11. The lowest BCUT2D eigenvalue weighted by Crippen LogP contribution is -2.15. The molecule has 0 saturated heterocycles. The Morgan fingerprint density at radius 2 is 1.62 bits per heavy atom. The van der Waals surface area contributed by atoms with E-state index in [2.05, 4.69) is 51.6 Å². The summed E-state index contributed by atoms with van der Waals surface area (Å²) in [4.78, 5) is 29.7. The fourth-order valence-electron chi connectivity index (χ4n) is 8.12. The zero-order chi connectivity index (χ0) is 41.6. The van der Waals surface area contributed by atoms with E-state index >= 15 is 0 Å². The van der Waals surface area contributed by atoms with Crippen LogP contribution in [0.2, 0.25) is 5.15 Å². The van der Waals surface area contributed by atoms with Crippen molar-refractivity contribution in [2.75, 3.05) is 12.0 Å². The first-order valence-corrected chi connectivity index (χ1v) is 21.8. The van der Waals surface area contributed by atoms with Gasteiger partial charge < -0.3 is 10.5 Å². The second-order valence-electron chi connectivity index (χ2n) is 15.1. The van der Waals surface area contributed by atoms with Crippen LogP contribution in [0.25, 0.3) is 65.9 Å². The van der Waals surface area contributed by atoms with E-state index in [1.165, 1.54) is 73.6 Å². The van der Waals surface area contributed by atoms with Gasteiger partial charge in [0, 0.05) is 52.5 Å². The van der Waals surface area contributed by atoms with E-state index in [4.69, 9.17) is 16.6 Å². The van der Waals surface area contributed by atoms with Gasteiger partial charge in [0.1, 0.15) is 10.7 Å². The normalized spacial score (nSPS) is 11.9. The molecule has 8 aromatic rings. The maximum Gasteiger partial charge on any atom is 0.339 e. The van der Waals surface area contributed by atoms with Crippen molar-refractivity contribution in [3.8, 4) is 33.2 Å². The molecule has 4 aromatic carbocycles. The Bertz CT molecular complexity index is 2800. The van der Waals surface area contributed by atoms with Gasteiger partial charge in [0.25, 0.3) is 0 Å². The number of rotatable bonds is 15. The standard InChI is InChI=1S/C27H33F2N3.C21H12ClN3O2S/c1-2-3-4-5-6-7-8-11-16-30-32-19-22(18-25(28)29)23-15-14-21-17-20-12-9-10-13-24(20)31-26(21)27(23)32;22-17-10-28-20(24-17)19-23-9-16(21(26)27)18(25-19)14-7-3-6-13-12-5-2-1-4-11(12)8-15(13)14/h9-10,12-15,17,19,25,30H,2-8,11,16,18H2,1H3;1-7,9-10H,8H2,(H,26,27). The molecule has 0 amide bonds. The van der Waals surface area contributed by atoms with Crippen molar-refractivity contribution in [3.63, 3.8) is 0 Å². The molecule has 60 heavy (non-hydrogen) atoms. The molecule has 4 heterocycles. The third kappa shape index (κ3) is 8.88. The minimum Gasteiger partial charge on any atom is -0.478 e. The van der Waals surface area contributed by atoms with Crippen molar-refractivity contribution < 1.29 is 18.7 Å². The van der Waals surface area contributed by atoms with Crippen LogP contribution in [0.4, 0.5) is 8.78 Å². The second kappa shape index (κ2) is 18.6. The molecule has 0 fully saturated rings. The molecule has 0 spiro atoms. The number of carboxylic acids is 1. The number of alkyl halides is 2. The van der Waals surface area contributed by atoms with Crippen LogP contribution < -0.4 is 5.43 Å². The SMILES string of the molecule is CCCCCCCCCCNn1cc(CC(F)F)c2ccc3cc4ccccc4nc3c21.O=C(O)c1cnc(-c2nc(Cl)cs2)nc1-c1cccc2c1Cc1ccccc1-2. The Labute approximate surface area is 356 Å². The Hall–Kier alpha value is -5.78. The Morgan fingerprint density at radius 3 is 2.40 bits per heavy atom. The van der Waals surface area contributed by atoms with Crippen molar-refractivity contribution in [1.29, 1.82) is 0 Å². The van der Waals surface area contributed by atoms with Crippen molar-refractivity contribution >= 4 is 61.6 Å². The number of carboxylic acid groups (broad SMARTS) is 1. The van der Waals surface area contributed by atoms with E-state index in [1.54, 1.807) is 5.38 Å². The number of halogens is 3. The first-order chi connectivity index (χ1) is 29.3. The molecular weight excluding hydrogens is 798 g/mol. The summed E-state index contributed by atoms with van der Waals surface area (Å²) < 4.78 is 28.4. The van der Waals surface area contributed by atoms with Crippen molar-refractivity contribution in [3.05, 3.63) is 130 Å². The van der Waals surface area contributed by atoms with Gasteiger partial charge in [0.15, 0.2) is 10.8 Å². The number of hydrogen-bond donors (Lipinski definition) is 2. The van der Waals surface area contributed by atoms with Crippen molar-refractivity contribution in [1.82, 2.24) is 24.6 Å². The van der Waals surface area contributed by atoms with Gasteiger partial charge in [-0.2, -0.15) is 0 Å². The number of nitrogens with one attached hydrogen (secondary N) is 1. The minimum atomic E-state index is -2.37. The van der Waals surface area contributed by atoms with E-state index in [-0.39, 0.29) is 12.0 Å². The van der Waals surface area contributed by atoms with Crippen LogP contribution in [0.5, 0.6) is 0 Å². The van der Waals surface area contributed by atoms with Gasteiger partial charge >= 0.3 is 5.97 Å². The summed E-state index contributed by atoms with van der Waals surface area (Å²) in [5.74, 6) is -0.697. The molecule has 8 nitrogen and oxygen atoms in total. The van der Waals surface area contributed by atoms with E-state index < -0.39 is 12.4 Å². The molecule has 1 aliphatic rings. The van der Waals surface area contributed by atoms with Crippen LogP contribution in [-0.4, -0.2) is 48.7 Å². The minimum absolute atomic E-state index is 0.0655. The second-order valence-corrected chi connectivity index (χ2v) is 16.4. The smallest absolute Gasteiger partial charge is 0.339 e. The lowest BCUT2D eigenvalue weighted by atomic mass is 9.97. The average Bonchev–Trinajstić information content (AvgIpc) is 3.97. The highest BCUT2D eigenvalue weighted by molar-refractivity contribution is 7.13. The molecule has 0 bridgehead atoms. The zero-order valence-electron chi connectivity index (χ0n) is 33.3. The van der Waals surface area contributed by atoms with E-state index in [0.717, 1.165) is 68.8 Å². The summed E-state index contributed by atoms with van der Waals surface area (Å²) in [5.41, 5.74) is 12.6. The molecule has 306 valence electrons. The highest BCUT2D eigenvalue weighted by atomic mass is 35.5. The highest BCUT2D eigenvalue weighted by Gasteiger charge is 2.25. The monoisotopic (exact) mass is 842 g/mol. The van der Waals surface area contributed by atoms with Gasteiger partial charge in [-0.05, 0) is 52.8 Å². The molecule has 9 rings (SSSR count). The van der Waals surface area contributed by atoms with Crippen LogP contribution >= 0.6 is 22.9 Å². The van der Waals surface area contributed by atoms with E-state index in [1.807, 2.05) is 71.5 Å². The zero-order valence-corrected chi connectivity index (χ0v) is 34.9. The van der Waals surface area contributed by atoms with Gasteiger partial charge in [-0.15, -0.1) is 11.3 Å². The number of benzene rings is 4. The number of nitrogens with zero attached hydrogens (tertiary/aromatic N) is 5. The van der Waals surface area contributed by atoms with Gasteiger partial charge in [0.2, 0.25) is 6.43 Å². The number of thiazole rings is 1. The highest BCUT2D eigenvalue weighted by Crippen LogP contribution is 2.42. The van der Waals surface area contributed by atoms with E-state index in [9.17, 15) is 18.7 Å². The Kier molecular flexibility index (Phi) is 12.7. The average molecular weight is 843 g/mol. The largest absolute Gasteiger partial charge is 0.478 e. The number of carbonyl (C=O) groups is 1. The number of aromatic carboxylic acids is 1. The maximum atomic E-state index is 13.2. The van der Waals surface area contributed by atoms with Crippen LogP contribution in [0.3, 0.4) is 0 Å². The molecule has 2 N–H and O–H groups in total. The first-order valence-electron chi connectivity index (χ1n) is 20.6. The predicted octanol–water partition coefficient (Wildman–Crippen LogP) is 13.0. The number of unbranched alkanes of at least 4 members (excludes halogenated alkanes) is 7. The number of fused-ring (bicyclic) bond motifs is 7. The molecular formula is C48H45ClF2N6O2S. The fraction of sp³-hybridized carbons (Fsp3) is 0.271. The fourth-order valence-corrected chi connectivity index (χ4v) is 9.00. The van der Waals surface area contributed by atoms with Crippen LogP contribution in [0.1, 0.15) is 85.3 Å². The molecule has 0 radical (unpaired) electrons. The molecule has 0 aliphatic heterocycles.